The van der Waals surface area contributed by atoms with Gasteiger partial charge in [0.25, 0.3) is 0 Å². The van der Waals surface area contributed by atoms with Crippen LogP contribution >= 0.6 is 0 Å². The minimum Gasteiger partial charge on any atom is -0.497 e. The lowest BCUT2D eigenvalue weighted by atomic mass is 10.0. The van der Waals surface area contributed by atoms with Gasteiger partial charge in [-0.25, -0.2) is 4.79 Å². The van der Waals surface area contributed by atoms with Crippen LogP contribution in [0.4, 0.5) is 4.79 Å². The predicted octanol–water partition coefficient (Wildman–Crippen LogP) is 5.57. The fourth-order valence-electron chi connectivity index (χ4n) is 4.67. The maximum absolute atomic E-state index is 13.0. The molecule has 0 aliphatic carbocycles. The molecule has 0 unspecified atom stereocenters. The van der Waals surface area contributed by atoms with E-state index >= 15 is 0 Å². The third-order valence-electron chi connectivity index (χ3n) is 6.81. The van der Waals surface area contributed by atoms with Crippen LogP contribution in [0.15, 0.2) is 57.9 Å². The molecule has 1 aliphatic heterocycles. The summed E-state index contributed by atoms with van der Waals surface area (Å²) in [5.41, 5.74) is 1.23. The lowest BCUT2D eigenvalue weighted by Gasteiger charge is -2.37. The van der Waals surface area contributed by atoms with Crippen molar-refractivity contribution in [1.29, 1.82) is 0 Å². The Bertz CT molecular complexity index is 1290. The van der Waals surface area contributed by atoms with Gasteiger partial charge in [-0.3, -0.25) is 4.79 Å². The molecule has 1 saturated heterocycles. The summed E-state index contributed by atoms with van der Waals surface area (Å²) in [4.78, 5) is 29.5. The molecule has 0 bridgehead atoms. The normalized spacial score (nSPS) is 14.6. The third-order valence-corrected chi connectivity index (χ3v) is 6.81. The fraction of sp³-hybridized carbons (Fsp3) is 0.467. The number of carbonyl (C=O) groups excluding carboxylic acids is 1. The zero-order valence-electron chi connectivity index (χ0n) is 23.0. The number of likely N-dealkylation sites (tertiary alicyclic amines) is 1. The van der Waals surface area contributed by atoms with Gasteiger partial charge in [-0.15, -0.1) is 0 Å². The van der Waals surface area contributed by atoms with Crippen molar-refractivity contribution in [2.24, 2.45) is 0 Å². The van der Waals surface area contributed by atoms with Gasteiger partial charge in [0.05, 0.1) is 24.7 Å². The van der Waals surface area contributed by atoms with Crippen LogP contribution < -0.4 is 14.9 Å². The monoisotopic (exact) mass is 522 g/mol. The Morgan fingerprint density at radius 2 is 1.76 bits per heavy atom. The van der Waals surface area contributed by atoms with Gasteiger partial charge in [0.15, 0.2) is 5.43 Å². The van der Waals surface area contributed by atoms with Crippen LogP contribution in [0.2, 0.25) is 0 Å². The zero-order valence-corrected chi connectivity index (χ0v) is 23.0. The summed E-state index contributed by atoms with van der Waals surface area (Å²) >= 11 is 0. The number of hydrogen-bond acceptors (Lipinski definition) is 7. The number of rotatable bonds is 8. The fourth-order valence-corrected chi connectivity index (χ4v) is 4.67. The Kier molecular flexibility index (Phi) is 8.62. The van der Waals surface area contributed by atoms with E-state index in [9.17, 15) is 9.59 Å². The highest BCUT2D eigenvalue weighted by Crippen LogP contribution is 2.25. The Morgan fingerprint density at radius 3 is 2.42 bits per heavy atom. The summed E-state index contributed by atoms with van der Waals surface area (Å²) in [5, 5.41) is 0.517. The molecule has 0 radical (unpaired) electrons. The first-order valence-electron chi connectivity index (χ1n) is 13.2. The van der Waals surface area contributed by atoms with E-state index in [0.29, 0.717) is 48.0 Å². The average molecular weight is 523 g/mol. The highest BCUT2D eigenvalue weighted by Gasteiger charge is 2.28. The Hall–Kier alpha value is -3.52. The average Bonchev–Trinajstić information content (AvgIpc) is 2.90. The molecule has 0 saturated carbocycles. The molecule has 0 spiro atoms. The third kappa shape index (κ3) is 6.86. The number of amides is 1. The molecule has 0 N–H and O–H groups in total. The molecular weight excluding hydrogens is 484 g/mol. The first-order chi connectivity index (χ1) is 18.1. The van der Waals surface area contributed by atoms with Gasteiger partial charge in [0.2, 0.25) is 0 Å². The van der Waals surface area contributed by atoms with Crippen LogP contribution in [-0.2, 0) is 4.74 Å². The van der Waals surface area contributed by atoms with Gasteiger partial charge in [-0.1, -0.05) is 12.1 Å². The minimum atomic E-state index is -0.471. The summed E-state index contributed by atoms with van der Waals surface area (Å²) in [5.74, 6) is 1.40. The van der Waals surface area contributed by atoms with Crippen LogP contribution in [0.1, 0.15) is 40.0 Å². The molecule has 38 heavy (non-hydrogen) atoms. The molecule has 8 nitrogen and oxygen atoms in total. The summed E-state index contributed by atoms with van der Waals surface area (Å²) < 4.78 is 22.4. The van der Waals surface area contributed by atoms with E-state index in [4.69, 9.17) is 18.6 Å². The Balaban J connectivity index is 1.25. The first kappa shape index (κ1) is 27.5. The SMILES string of the molecule is COc1ccc(-c2coc3cc(OCCCN(C)C4CCN(C(=O)OC(C)(C)C)CC4)ccc3c2=O)cc1. The number of piperidine rings is 1. The van der Waals surface area contributed by atoms with E-state index in [1.165, 1.54) is 6.26 Å². The Labute approximate surface area is 224 Å². The number of ether oxygens (including phenoxy) is 3. The second-order valence-corrected chi connectivity index (χ2v) is 10.7. The molecule has 1 aliphatic rings. The topological polar surface area (TPSA) is 81.5 Å². The quantitative estimate of drug-likeness (QED) is 0.358. The first-order valence-corrected chi connectivity index (χ1v) is 13.2. The molecule has 0 atom stereocenters. The smallest absolute Gasteiger partial charge is 0.410 e. The van der Waals surface area contributed by atoms with E-state index in [2.05, 4.69) is 11.9 Å². The number of methoxy groups -OCH3 is 1. The van der Waals surface area contributed by atoms with E-state index in [1.807, 2.05) is 51.1 Å². The molecule has 2 aromatic carbocycles. The van der Waals surface area contributed by atoms with E-state index in [0.717, 1.165) is 37.1 Å². The van der Waals surface area contributed by atoms with Crippen molar-refractivity contribution in [2.45, 2.75) is 51.7 Å². The van der Waals surface area contributed by atoms with Crippen LogP contribution in [0.3, 0.4) is 0 Å². The molecule has 1 amide bonds. The minimum absolute atomic E-state index is 0.0812. The van der Waals surface area contributed by atoms with Crippen LogP contribution in [0, 0.1) is 0 Å². The lowest BCUT2D eigenvalue weighted by molar-refractivity contribution is 0.0155. The molecule has 1 fully saturated rings. The largest absolute Gasteiger partial charge is 0.497 e. The molecule has 4 rings (SSSR count). The number of nitrogens with zero attached hydrogens (tertiary/aromatic N) is 2. The zero-order chi connectivity index (χ0) is 27.3. The van der Waals surface area contributed by atoms with Crippen molar-refractivity contribution in [3.63, 3.8) is 0 Å². The standard InChI is InChI=1S/C30H38N2O6/c1-30(2,3)38-29(34)32-16-13-22(14-17-32)31(4)15-6-18-36-24-11-12-25-27(19-24)37-20-26(28(25)33)21-7-9-23(35-5)10-8-21/h7-12,19-20,22H,6,13-18H2,1-5H3. The number of carbonyl (C=O) groups is 1. The number of hydrogen-bond donors (Lipinski definition) is 0. The maximum atomic E-state index is 13.0. The van der Waals surface area contributed by atoms with Crippen molar-refractivity contribution in [3.05, 3.63) is 59.0 Å². The van der Waals surface area contributed by atoms with Crippen molar-refractivity contribution < 1.29 is 23.4 Å². The Morgan fingerprint density at radius 1 is 1.08 bits per heavy atom. The molecule has 3 aromatic rings. The van der Waals surface area contributed by atoms with E-state index < -0.39 is 5.60 Å². The van der Waals surface area contributed by atoms with Gasteiger partial charge in [0, 0.05) is 31.7 Å². The summed E-state index contributed by atoms with van der Waals surface area (Å²) in [6.07, 6.45) is 3.99. The maximum Gasteiger partial charge on any atom is 0.410 e. The van der Waals surface area contributed by atoms with Crippen molar-refractivity contribution in [2.75, 3.05) is 40.4 Å². The number of benzene rings is 2. The van der Waals surface area contributed by atoms with Gasteiger partial charge in [-0.05, 0) is 76.9 Å². The summed E-state index contributed by atoms with van der Waals surface area (Å²) in [6.45, 7) is 8.54. The summed E-state index contributed by atoms with van der Waals surface area (Å²) in [7, 11) is 3.73. The predicted molar refractivity (Wildman–Crippen MR) is 148 cm³/mol. The van der Waals surface area contributed by atoms with Crippen LogP contribution in [-0.4, -0.2) is 67.9 Å². The van der Waals surface area contributed by atoms with Crippen LogP contribution in [0.25, 0.3) is 22.1 Å². The van der Waals surface area contributed by atoms with E-state index in [1.54, 1.807) is 24.1 Å². The van der Waals surface area contributed by atoms with Crippen LogP contribution in [0.5, 0.6) is 11.5 Å². The second kappa shape index (κ2) is 11.9. The molecule has 8 heteroatoms. The van der Waals surface area contributed by atoms with Crippen molar-refractivity contribution >= 4 is 17.1 Å². The van der Waals surface area contributed by atoms with Crippen molar-refractivity contribution in [1.82, 2.24) is 9.80 Å². The van der Waals surface area contributed by atoms with Gasteiger partial charge >= 0.3 is 6.09 Å². The molecule has 2 heterocycles. The lowest BCUT2D eigenvalue weighted by Crippen LogP contribution is -2.47. The summed E-state index contributed by atoms with van der Waals surface area (Å²) in [6, 6.07) is 13.1. The second-order valence-electron chi connectivity index (χ2n) is 10.7. The van der Waals surface area contributed by atoms with Gasteiger partial charge in [-0.2, -0.15) is 0 Å². The van der Waals surface area contributed by atoms with Gasteiger partial charge < -0.3 is 28.4 Å². The highest BCUT2D eigenvalue weighted by molar-refractivity contribution is 5.82. The van der Waals surface area contributed by atoms with E-state index in [-0.39, 0.29) is 11.5 Å². The molecular formula is C30H38N2O6. The van der Waals surface area contributed by atoms with Crippen molar-refractivity contribution in [3.8, 4) is 22.6 Å². The van der Waals surface area contributed by atoms with Gasteiger partial charge in [0.1, 0.15) is 28.9 Å². The number of fused-ring (bicyclic) bond motifs is 1. The molecule has 204 valence electrons. The molecule has 1 aromatic heterocycles. The highest BCUT2D eigenvalue weighted by atomic mass is 16.6.